The molecule has 0 saturated carbocycles. The standard InChI is InChI=1S/C20H31N3O6S/c1-28-18-4-3-17(13-19(18)29-2)30(26,27)23-11-9-22(10-12-23)20(25)14-21-7-5-16(15-24)6-8-21/h3-4,13,16,24H,5-12,14-15H2,1-2H3. The molecule has 0 spiro atoms. The number of sulfonamides is 1. The molecule has 2 saturated heterocycles. The minimum atomic E-state index is -3.68. The molecule has 10 heteroatoms. The summed E-state index contributed by atoms with van der Waals surface area (Å²) >= 11 is 0. The van der Waals surface area contributed by atoms with E-state index in [0.717, 1.165) is 25.9 Å². The minimum absolute atomic E-state index is 0.0283. The van der Waals surface area contributed by atoms with Crippen molar-refractivity contribution in [2.45, 2.75) is 17.7 Å². The topological polar surface area (TPSA) is 99.6 Å². The average Bonchev–Trinajstić information content (AvgIpc) is 2.79. The van der Waals surface area contributed by atoms with Gasteiger partial charge in [0.05, 0.1) is 25.7 Å². The van der Waals surface area contributed by atoms with E-state index in [1.54, 1.807) is 11.0 Å². The minimum Gasteiger partial charge on any atom is -0.493 e. The zero-order valence-electron chi connectivity index (χ0n) is 17.6. The second kappa shape index (κ2) is 9.95. The summed E-state index contributed by atoms with van der Waals surface area (Å²) in [6.07, 6.45) is 1.81. The molecule has 2 aliphatic rings. The Kier molecular flexibility index (Phi) is 7.56. The molecule has 168 valence electrons. The quantitative estimate of drug-likeness (QED) is 0.647. The predicted molar refractivity (Wildman–Crippen MR) is 111 cm³/mol. The van der Waals surface area contributed by atoms with Crippen molar-refractivity contribution in [3.05, 3.63) is 18.2 Å². The Labute approximate surface area is 178 Å². The number of methoxy groups -OCH3 is 2. The number of aliphatic hydroxyl groups is 1. The van der Waals surface area contributed by atoms with E-state index in [1.165, 1.54) is 30.7 Å². The van der Waals surface area contributed by atoms with Gasteiger partial charge in [-0.2, -0.15) is 4.31 Å². The van der Waals surface area contributed by atoms with Crippen LogP contribution in [0, 0.1) is 5.92 Å². The van der Waals surface area contributed by atoms with Gasteiger partial charge in [-0.15, -0.1) is 0 Å². The van der Waals surface area contributed by atoms with Gasteiger partial charge >= 0.3 is 0 Å². The fourth-order valence-electron chi connectivity index (χ4n) is 3.92. The Morgan fingerprint density at radius 2 is 1.67 bits per heavy atom. The molecule has 0 unspecified atom stereocenters. The number of aliphatic hydroxyl groups excluding tert-OH is 1. The molecule has 2 aliphatic heterocycles. The lowest BCUT2D eigenvalue weighted by Crippen LogP contribution is -2.53. The normalized spacial score (nSPS) is 19.6. The van der Waals surface area contributed by atoms with Gasteiger partial charge in [0.2, 0.25) is 15.9 Å². The van der Waals surface area contributed by atoms with E-state index in [-0.39, 0.29) is 30.5 Å². The van der Waals surface area contributed by atoms with Crippen LogP contribution in [0.3, 0.4) is 0 Å². The summed E-state index contributed by atoms with van der Waals surface area (Å²) < 4.78 is 37.8. The molecule has 0 aromatic heterocycles. The lowest BCUT2D eigenvalue weighted by molar-refractivity contribution is -0.134. The van der Waals surface area contributed by atoms with Gasteiger partial charge in [0.1, 0.15) is 0 Å². The highest BCUT2D eigenvalue weighted by atomic mass is 32.2. The Hall–Kier alpha value is -1.88. The average molecular weight is 442 g/mol. The Morgan fingerprint density at radius 3 is 2.23 bits per heavy atom. The number of ether oxygens (including phenoxy) is 2. The number of piperidine rings is 1. The highest BCUT2D eigenvalue weighted by Gasteiger charge is 2.31. The van der Waals surface area contributed by atoms with Gasteiger partial charge in [-0.1, -0.05) is 0 Å². The molecule has 9 nitrogen and oxygen atoms in total. The number of amides is 1. The first kappa shape index (κ1) is 22.8. The highest BCUT2D eigenvalue weighted by Crippen LogP contribution is 2.31. The Balaban J connectivity index is 1.56. The Morgan fingerprint density at radius 1 is 1.03 bits per heavy atom. The smallest absolute Gasteiger partial charge is 0.243 e. The SMILES string of the molecule is COc1ccc(S(=O)(=O)N2CCN(C(=O)CN3CCC(CO)CC3)CC2)cc1OC. The van der Waals surface area contributed by atoms with Crippen LogP contribution in [-0.2, 0) is 14.8 Å². The van der Waals surface area contributed by atoms with Gasteiger partial charge in [0, 0.05) is 38.9 Å². The third-order valence-electron chi connectivity index (χ3n) is 5.91. The number of carbonyl (C=O) groups is 1. The number of hydrogen-bond acceptors (Lipinski definition) is 7. The van der Waals surface area contributed by atoms with E-state index in [2.05, 4.69) is 4.90 Å². The van der Waals surface area contributed by atoms with Crippen molar-refractivity contribution in [3.8, 4) is 11.5 Å². The van der Waals surface area contributed by atoms with Crippen LogP contribution >= 0.6 is 0 Å². The van der Waals surface area contributed by atoms with Gasteiger partial charge in [0.25, 0.3) is 0 Å². The summed E-state index contributed by atoms with van der Waals surface area (Å²) in [5, 5.41) is 9.23. The summed E-state index contributed by atoms with van der Waals surface area (Å²) in [6.45, 7) is 3.44. The van der Waals surface area contributed by atoms with Crippen LogP contribution in [0.25, 0.3) is 0 Å². The Bertz CT molecular complexity index is 831. The molecule has 1 aromatic carbocycles. The zero-order valence-corrected chi connectivity index (χ0v) is 18.4. The second-order valence-corrected chi connectivity index (χ2v) is 9.64. The van der Waals surface area contributed by atoms with E-state index in [1.807, 2.05) is 0 Å². The van der Waals surface area contributed by atoms with Crippen LogP contribution in [-0.4, -0.2) is 100 Å². The number of benzene rings is 1. The van der Waals surface area contributed by atoms with Crippen LogP contribution < -0.4 is 9.47 Å². The van der Waals surface area contributed by atoms with E-state index < -0.39 is 10.0 Å². The summed E-state index contributed by atoms with van der Waals surface area (Å²) in [5.74, 6) is 1.19. The fraction of sp³-hybridized carbons (Fsp3) is 0.650. The van der Waals surface area contributed by atoms with Crippen LogP contribution in [0.1, 0.15) is 12.8 Å². The molecule has 30 heavy (non-hydrogen) atoms. The summed E-state index contributed by atoms with van der Waals surface area (Å²) in [6, 6.07) is 4.54. The number of piperazine rings is 1. The molecular weight excluding hydrogens is 410 g/mol. The van der Waals surface area contributed by atoms with E-state index in [0.29, 0.717) is 37.1 Å². The van der Waals surface area contributed by atoms with E-state index in [9.17, 15) is 18.3 Å². The van der Waals surface area contributed by atoms with Crippen molar-refractivity contribution in [2.75, 3.05) is 66.6 Å². The molecule has 3 rings (SSSR count). The largest absolute Gasteiger partial charge is 0.493 e. The third kappa shape index (κ3) is 5.05. The molecule has 1 aromatic rings. The molecule has 0 aliphatic carbocycles. The van der Waals surface area contributed by atoms with Crippen molar-refractivity contribution >= 4 is 15.9 Å². The predicted octanol–water partition coefficient (Wildman–Crippen LogP) is 0.241. The fourth-order valence-corrected chi connectivity index (χ4v) is 5.36. The first-order chi connectivity index (χ1) is 14.4. The van der Waals surface area contributed by atoms with Crippen molar-refractivity contribution in [1.82, 2.24) is 14.1 Å². The summed E-state index contributed by atoms with van der Waals surface area (Å²) in [7, 11) is -0.719. The third-order valence-corrected chi connectivity index (χ3v) is 7.80. The molecule has 0 atom stereocenters. The molecule has 2 heterocycles. The van der Waals surface area contributed by atoms with Crippen molar-refractivity contribution < 1.29 is 27.8 Å². The molecular formula is C20H31N3O6S. The van der Waals surface area contributed by atoms with Crippen molar-refractivity contribution in [1.29, 1.82) is 0 Å². The van der Waals surface area contributed by atoms with Crippen LogP contribution in [0.5, 0.6) is 11.5 Å². The maximum Gasteiger partial charge on any atom is 0.243 e. The van der Waals surface area contributed by atoms with Crippen LogP contribution in [0.2, 0.25) is 0 Å². The molecule has 1 N–H and O–H groups in total. The van der Waals surface area contributed by atoms with Gasteiger partial charge in [-0.3, -0.25) is 9.69 Å². The van der Waals surface area contributed by atoms with Crippen molar-refractivity contribution in [2.24, 2.45) is 5.92 Å². The summed E-state index contributed by atoms with van der Waals surface area (Å²) in [5.41, 5.74) is 0. The monoisotopic (exact) mass is 441 g/mol. The van der Waals surface area contributed by atoms with E-state index in [4.69, 9.17) is 9.47 Å². The van der Waals surface area contributed by atoms with Gasteiger partial charge in [0.15, 0.2) is 11.5 Å². The van der Waals surface area contributed by atoms with Gasteiger partial charge in [-0.25, -0.2) is 8.42 Å². The van der Waals surface area contributed by atoms with Crippen LogP contribution in [0.15, 0.2) is 23.1 Å². The number of hydrogen-bond donors (Lipinski definition) is 1. The lowest BCUT2D eigenvalue weighted by atomic mass is 9.98. The van der Waals surface area contributed by atoms with Gasteiger partial charge < -0.3 is 19.5 Å². The molecule has 0 bridgehead atoms. The second-order valence-electron chi connectivity index (χ2n) is 7.70. The van der Waals surface area contributed by atoms with E-state index >= 15 is 0 Å². The zero-order chi connectivity index (χ0) is 21.7. The molecule has 2 fully saturated rings. The number of likely N-dealkylation sites (tertiary alicyclic amines) is 1. The number of carbonyl (C=O) groups excluding carboxylic acids is 1. The first-order valence-corrected chi connectivity index (χ1v) is 11.7. The maximum absolute atomic E-state index is 13.0. The molecule has 1 amide bonds. The van der Waals surface area contributed by atoms with Crippen molar-refractivity contribution in [3.63, 3.8) is 0 Å². The van der Waals surface area contributed by atoms with Gasteiger partial charge in [-0.05, 0) is 44.0 Å². The van der Waals surface area contributed by atoms with Crippen LogP contribution in [0.4, 0.5) is 0 Å². The maximum atomic E-state index is 13.0. The highest BCUT2D eigenvalue weighted by molar-refractivity contribution is 7.89. The molecule has 0 radical (unpaired) electrons. The number of rotatable bonds is 7. The lowest BCUT2D eigenvalue weighted by Gasteiger charge is -2.36. The summed E-state index contributed by atoms with van der Waals surface area (Å²) in [4.78, 5) is 16.6. The first-order valence-electron chi connectivity index (χ1n) is 10.2. The number of nitrogens with zero attached hydrogens (tertiary/aromatic N) is 3.